The number of carboxylic acid groups (broad SMARTS) is 1. The first-order valence-corrected chi connectivity index (χ1v) is 12.1. The number of nitrogens with two attached hydrogens (primary N) is 3. The Kier molecular flexibility index (Phi) is 14.3. The Morgan fingerprint density at radius 1 is 0.944 bits per heavy atom. The van der Waals surface area contributed by atoms with E-state index in [1.165, 1.54) is 19.4 Å². The number of aromatic amines is 1. The Hall–Kier alpha value is -3.07. The Morgan fingerprint density at radius 2 is 1.56 bits per heavy atom. The maximum absolute atomic E-state index is 13.0. The molecule has 0 saturated heterocycles. The maximum atomic E-state index is 13.0. The average Bonchev–Trinajstić information content (AvgIpc) is 3.34. The minimum absolute atomic E-state index is 0.0359. The molecule has 3 amide bonds. The van der Waals surface area contributed by atoms with Crippen molar-refractivity contribution in [2.45, 2.75) is 82.1 Å². The Labute approximate surface area is 210 Å². The summed E-state index contributed by atoms with van der Waals surface area (Å²) in [6.07, 6.45) is 4.43. The lowest BCUT2D eigenvalue weighted by molar-refractivity contribution is -0.142. The fraction of sp³-hybridized carbons (Fsp3) is 0.682. The minimum atomic E-state index is -1.39. The van der Waals surface area contributed by atoms with Crippen LogP contribution >= 0.6 is 0 Å². The first kappa shape index (κ1) is 31.0. The van der Waals surface area contributed by atoms with Crippen molar-refractivity contribution < 1.29 is 29.4 Å². The molecule has 1 aromatic heterocycles. The first-order valence-electron chi connectivity index (χ1n) is 12.1. The van der Waals surface area contributed by atoms with Crippen molar-refractivity contribution >= 4 is 23.7 Å². The lowest BCUT2D eigenvalue weighted by atomic mass is 10.1. The molecule has 36 heavy (non-hydrogen) atoms. The summed E-state index contributed by atoms with van der Waals surface area (Å²) in [6, 6.07) is -4.69. The number of imidazole rings is 1. The van der Waals surface area contributed by atoms with E-state index in [1.807, 2.05) is 0 Å². The fourth-order valence-electron chi connectivity index (χ4n) is 3.41. The molecule has 0 aromatic carbocycles. The summed E-state index contributed by atoms with van der Waals surface area (Å²) in [5.41, 5.74) is 17.3. The molecular weight excluding hydrogens is 472 g/mol. The van der Waals surface area contributed by atoms with Crippen LogP contribution in [-0.2, 0) is 25.6 Å². The van der Waals surface area contributed by atoms with Gasteiger partial charge in [0.25, 0.3) is 0 Å². The number of carboxylic acids is 1. The number of aliphatic hydroxyl groups excluding tert-OH is 1. The van der Waals surface area contributed by atoms with Crippen LogP contribution in [-0.4, -0.2) is 87.2 Å². The largest absolute Gasteiger partial charge is 0.480 e. The molecule has 0 saturated carbocycles. The van der Waals surface area contributed by atoms with Gasteiger partial charge in [-0.3, -0.25) is 14.4 Å². The highest BCUT2D eigenvalue weighted by Gasteiger charge is 2.32. The zero-order valence-electron chi connectivity index (χ0n) is 20.6. The Bertz CT molecular complexity index is 819. The van der Waals surface area contributed by atoms with Crippen LogP contribution in [0, 0.1) is 0 Å². The summed E-state index contributed by atoms with van der Waals surface area (Å²) in [6.45, 7) is 2.16. The van der Waals surface area contributed by atoms with Crippen LogP contribution < -0.4 is 33.2 Å². The molecule has 1 heterocycles. The molecule has 0 spiro atoms. The molecule has 0 aliphatic rings. The fourth-order valence-corrected chi connectivity index (χ4v) is 3.41. The molecule has 204 valence electrons. The number of carbonyl (C=O) groups is 4. The van der Waals surface area contributed by atoms with Crippen LogP contribution in [0.25, 0.3) is 0 Å². The van der Waals surface area contributed by atoms with Gasteiger partial charge in [0.15, 0.2) is 0 Å². The summed E-state index contributed by atoms with van der Waals surface area (Å²) in [5.74, 6) is -3.42. The normalized spacial score (nSPS) is 15.2. The minimum Gasteiger partial charge on any atom is -0.480 e. The van der Waals surface area contributed by atoms with Crippen LogP contribution in [0.1, 0.15) is 51.1 Å². The number of unbranched alkanes of at least 4 members (excludes halogenated alkanes) is 2. The molecule has 14 nitrogen and oxygen atoms in total. The predicted molar refractivity (Wildman–Crippen MR) is 131 cm³/mol. The third-order valence-electron chi connectivity index (χ3n) is 5.54. The van der Waals surface area contributed by atoms with Gasteiger partial charge in [-0.15, -0.1) is 0 Å². The Balaban J connectivity index is 2.95. The zero-order chi connectivity index (χ0) is 27.1. The second-order valence-electron chi connectivity index (χ2n) is 8.64. The number of H-pyrrole nitrogens is 1. The number of carbonyl (C=O) groups excluding carboxylic acids is 3. The number of nitrogens with one attached hydrogen (secondary N) is 4. The lowest BCUT2D eigenvalue weighted by Crippen LogP contribution is -2.60. The smallest absolute Gasteiger partial charge is 0.326 e. The van der Waals surface area contributed by atoms with Crippen molar-refractivity contribution in [3.05, 3.63) is 18.2 Å². The van der Waals surface area contributed by atoms with Crippen molar-refractivity contribution in [2.75, 3.05) is 13.1 Å². The molecule has 0 fully saturated rings. The third-order valence-corrected chi connectivity index (χ3v) is 5.54. The van der Waals surface area contributed by atoms with E-state index in [9.17, 15) is 29.4 Å². The lowest BCUT2D eigenvalue weighted by Gasteiger charge is -2.26. The van der Waals surface area contributed by atoms with Gasteiger partial charge in [-0.05, 0) is 52.1 Å². The van der Waals surface area contributed by atoms with Gasteiger partial charge in [0.05, 0.1) is 18.5 Å². The maximum Gasteiger partial charge on any atom is 0.326 e. The van der Waals surface area contributed by atoms with Gasteiger partial charge in [0.2, 0.25) is 17.7 Å². The molecule has 1 rings (SSSR count). The number of aliphatic hydroxyl groups is 1. The van der Waals surface area contributed by atoms with Crippen LogP contribution in [0.15, 0.2) is 12.5 Å². The van der Waals surface area contributed by atoms with Gasteiger partial charge in [0.1, 0.15) is 18.1 Å². The number of amides is 3. The van der Waals surface area contributed by atoms with E-state index in [-0.39, 0.29) is 12.8 Å². The molecule has 12 N–H and O–H groups in total. The van der Waals surface area contributed by atoms with E-state index in [4.69, 9.17) is 17.2 Å². The molecule has 0 aliphatic carbocycles. The van der Waals surface area contributed by atoms with Gasteiger partial charge >= 0.3 is 5.97 Å². The number of rotatable bonds is 18. The highest BCUT2D eigenvalue weighted by atomic mass is 16.4. The number of hydrogen-bond donors (Lipinski definition) is 9. The average molecular weight is 513 g/mol. The summed E-state index contributed by atoms with van der Waals surface area (Å²) in [4.78, 5) is 56.8. The second kappa shape index (κ2) is 16.6. The van der Waals surface area contributed by atoms with Crippen LogP contribution in [0.4, 0.5) is 0 Å². The van der Waals surface area contributed by atoms with Crippen molar-refractivity contribution in [3.8, 4) is 0 Å². The summed E-state index contributed by atoms with van der Waals surface area (Å²) >= 11 is 0. The summed E-state index contributed by atoms with van der Waals surface area (Å²) in [5, 5.41) is 27.0. The number of nitrogens with zero attached hydrogens (tertiary/aromatic N) is 1. The van der Waals surface area contributed by atoms with Crippen LogP contribution in [0.2, 0.25) is 0 Å². The highest BCUT2D eigenvalue weighted by molar-refractivity contribution is 5.94. The van der Waals surface area contributed by atoms with Gasteiger partial charge in [-0.1, -0.05) is 6.42 Å². The zero-order valence-corrected chi connectivity index (χ0v) is 20.6. The second-order valence-corrected chi connectivity index (χ2v) is 8.64. The summed E-state index contributed by atoms with van der Waals surface area (Å²) in [7, 11) is 0. The van der Waals surface area contributed by atoms with E-state index >= 15 is 0 Å². The van der Waals surface area contributed by atoms with Crippen LogP contribution in [0.5, 0.6) is 0 Å². The topological polar surface area (TPSA) is 252 Å². The van der Waals surface area contributed by atoms with E-state index in [2.05, 4.69) is 25.9 Å². The van der Waals surface area contributed by atoms with Crippen molar-refractivity contribution in [1.82, 2.24) is 25.9 Å². The molecule has 14 heteroatoms. The molecule has 0 aliphatic heterocycles. The standard InChI is InChI=1S/C22H40N8O6/c1-13(31)18(30-19(32)15(25)6-2-4-8-23)21(34)29-17(10-14-11-26-12-27-14)20(33)28-16(22(35)36)7-3-5-9-24/h11-13,15-18,31H,2-10,23-25H2,1H3,(H,26,27)(H,28,33)(H,29,34)(H,30,32)(H,35,36). The van der Waals surface area contributed by atoms with Crippen molar-refractivity contribution in [2.24, 2.45) is 17.2 Å². The quantitative estimate of drug-likeness (QED) is 0.0931. The Morgan fingerprint density at radius 3 is 2.08 bits per heavy atom. The number of hydrogen-bond acceptors (Lipinski definition) is 9. The van der Waals surface area contributed by atoms with E-state index < -0.39 is 54.0 Å². The molecule has 0 bridgehead atoms. The first-order chi connectivity index (χ1) is 17.1. The van der Waals surface area contributed by atoms with Gasteiger partial charge in [-0.25, -0.2) is 9.78 Å². The molecular formula is C22H40N8O6. The van der Waals surface area contributed by atoms with E-state index in [1.54, 1.807) is 0 Å². The van der Waals surface area contributed by atoms with Gasteiger partial charge in [-0.2, -0.15) is 0 Å². The van der Waals surface area contributed by atoms with E-state index in [0.29, 0.717) is 50.9 Å². The summed E-state index contributed by atoms with van der Waals surface area (Å²) < 4.78 is 0. The monoisotopic (exact) mass is 512 g/mol. The van der Waals surface area contributed by atoms with Crippen molar-refractivity contribution in [1.29, 1.82) is 0 Å². The molecule has 5 unspecified atom stereocenters. The molecule has 5 atom stereocenters. The molecule has 1 aromatic rings. The SMILES string of the molecule is CC(O)C(NC(=O)C(N)CCCCN)C(=O)NC(Cc1cnc[nH]1)C(=O)NC(CCCCN)C(=O)O. The van der Waals surface area contributed by atoms with Crippen molar-refractivity contribution in [3.63, 3.8) is 0 Å². The molecule has 0 radical (unpaired) electrons. The predicted octanol–water partition coefficient (Wildman–Crippen LogP) is -2.54. The van der Waals surface area contributed by atoms with Crippen LogP contribution in [0.3, 0.4) is 0 Å². The third kappa shape index (κ3) is 11.1. The highest BCUT2D eigenvalue weighted by Crippen LogP contribution is 2.06. The van der Waals surface area contributed by atoms with Gasteiger partial charge in [0, 0.05) is 18.3 Å². The van der Waals surface area contributed by atoms with E-state index in [0.717, 1.165) is 0 Å². The number of aromatic nitrogens is 2. The van der Waals surface area contributed by atoms with Gasteiger partial charge < -0.3 is 48.3 Å². The number of aliphatic carboxylic acids is 1.